The number of carbonyl (C=O) groups is 1. The van der Waals surface area contributed by atoms with Crippen LogP contribution < -0.4 is 16.6 Å². The number of thiophene rings is 1. The van der Waals surface area contributed by atoms with Crippen LogP contribution in [-0.4, -0.2) is 15.0 Å². The second-order valence-electron chi connectivity index (χ2n) is 6.15. The second-order valence-corrected chi connectivity index (χ2v) is 7.50. The maximum Gasteiger partial charge on any atom is 0.336 e. The van der Waals surface area contributed by atoms with Crippen LogP contribution in [0.1, 0.15) is 0 Å². The summed E-state index contributed by atoms with van der Waals surface area (Å²) in [6.45, 7) is -0.381. The predicted molar refractivity (Wildman–Crippen MR) is 112 cm³/mol. The SMILES string of the molecule is O=C(Cn1c(=O)n(-c2ccc(Cl)cc2)c(=O)c2sccc21)Nc1ccccc1F. The zero-order valence-corrected chi connectivity index (χ0v) is 16.3. The number of nitrogens with zero attached hydrogens (tertiary/aromatic N) is 2. The molecule has 1 amide bonds. The van der Waals surface area contributed by atoms with Crippen molar-refractivity contribution in [3.63, 3.8) is 0 Å². The average molecular weight is 430 g/mol. The highest BCUT2D eigenvalue weighted by Crippen LogP contribution is 2.18. The first-order valence-corrected chi connectivity index (χ1v) is 9.75. The highest BCUT2D eigenvalue weighted by atomic mass is 35.5. The molecule has 0 saturated heterocycles. The van der Waals surface area contributed by atoms with E-state index < -0.39 is 23.0 Å². The van der Waals surface area contributed by atoms with Gasteiger partial charge in [-0.1, -0.05) is 23.7 Å². The first-order valence-electron chi connectivity index (χ1n) is 8.49. The minimum atomic E-state index is -0.674. The van der Waals surface area contributed by atoms with Crippen LogP contribution >= 0.6 is 22.9 Å². The van der Waals surface area contributed by atoms with E-state index in [9.17, 15) is 18.8 Å². The maximum absolute atomic E-state index is 13.8. The first-order chi connectivity index (χ1) is 14.0. The van der Waals surface area contributed by atoms with Gasteiger partial charge in [0, 0.05) is 5.02 Å². The summed E-state index contributed by atoms with van der Waals surface area (Å²) in [6.07, 6.45) is 0. The molecule has 0 unspecified atom stereocenters. The van der Waals surface area contributed by atoms with Gasteiger partial charge in [0.25, 0.3) is 5.56 Å². The lowest BCUT2D eigenvalue weighted by Gasteiger charge is -2.13. The molecule has 0 radical (unpaired) electrons. The molecular weight excluding hydrogens is 417 g/mol. The Bertz CT molecular complexity index is 1340. The third-order valence-corrected chi connectivity index (χ3v) is 5.43. The van der Waals surface area contributed by atoms with Crippen molar-refractivity contribution in [3.05, 3.63) is 91.7 Å². The number of rotatable bonds is 4. The molecule has 6 nitrogen and oxygen atoms in total. The molecule has 9 heteroatoms. The highest BCUT2D eigenvalue weighted by Gasteiger charge is 2.18. The lowest BCUT2D eigenvalue weighted by molar-refractivity contribution is -0.116. The molecule has 4 aromatic rings. The fourth-order valence-electron chi connectivity index (χ4n) is 2.95. The molecule has 2 heterocycles. The topological polar surface area (TPSA) is 73.1 Å². The van der Waals surface area contributed by atoms with Crippen molar-refractivity contribution in [3.8, 4) is 5.69 Å². The molecule has 146 valence electrons. The molecule has 0 aliphatic carbocycles. The van der Waals surface area contributed by atoms with Crippen LogP contribution in [0.5, 0.6) is 0 Å². The molecule has 1 N–H and O–H groups in total. The predicted octanol–water partition coefficient (Wildman–Crippen LogP) is 3.65. The number of amides is 1. The van der Waals surface area contributed by atoms with E-state index in [0.29, 0.717) is 20.9 Å². The van der Waals surface area contributed by atoms with Gasteiger partial charge in [0.2, 0.25) is 5.91 Å². The van der Waals surface area contributed by atoms with Crippen molar-refractivity contribution < 1.29 is 9.18 Å². The quantitative estimate of drug-likeness (QED) is 0.538. The Hall–Kier alpha value is -3.23. The number of benzene rings is 2. The summed E-state index contributed by atoms with van der Waals surface area (Å²) < 4.78 is 16.3. The zero-order valence-electron chi connectivity index (χ0n) is 14.8. The van der Waals surface area contributed by atoms with E-state index in [2.05, 4.69) is 5.32 Å². The van der Waals surface area contributed by atoms with Crippen LogP contribution in [0.15, 0.2) is 69.6 Å². The van der Waals surface area contributed by atoms with Gasteiger partial charge >= 0.3 is 5.69 Å². The third kappa shape index (κ3) is 3.59. The fraction of sp³-hybridized carbons (Fsp3) is 0.0500. The normalized spacial score (nSPS) is 11.0. The Kier molecular flexibility index (Phi) is 5.04. The van der Waals surface area contributed by atoms with Crippen molar-refractivity contribution in [2.45, 2.75) is 6.54 Å². The van der Waals surface area contributed by atoms with E-state index in [-0.39, 0.29) is 12.2 Å². The van der Waals surface area contributed by atoms with Crippen LogP contribution in [0.4, 0.5) is 10.1 Å². The number of fused-ring (bicyclic) bond motifs is 1. The molecule has 0 fully saturated rings. The van der Waals surface area contributed by atoms with E-state index in [1.54, 1.807) is 41.8 Å². The Balaban J connectivity index is 1.80. The van der Waals surface area contributed by atoms with Gasteiger partial charge in [-0.05, 0) is 47.8 Å². The van der Waals surface area contributed by atoms with Crippen LogP contribution in [0, 0.1) is 5.82 Å². The molecule has 0 aliphatic rings. The molecule has 0 saturated carbocycles. The number of carbonyl (C=O) groups excluding carboxylic acids is 1. The van der Waals surface area contributed by atoms with Gasteiger partial charge in [-0.2, -0.15) is 0 Å². The van der Waals surface area contributed by atoms with E-state index in [0.717, 1.165) is 4.57 Å². The van der Waals surface area contributed by atoms with E-state index in [1.165, 1.54) is 34.1 Å². The standard InChI is InChI=1S/C20H13ClFN3O3S/c21-12-5-7-13(8-6-12)25-19(27)18-16(9-10-29-18)24(20(25)28)11-17(26)23-15-4-2-1-3-14(15)22/h1-10H,11H2,(H,23,26). The van der Waals surface area contributed by atoms with E-state index >= 15 is 0 Å². The molecule has 0 atom stereocenters. The van der Waals surface area contributed by atoms with Gasteiger partial charge < -0.3 is 5.32 Å². The number of para-hydroxylation sites is 1. The zero-order chi connectivity index (χ0) is 20.5. The smallest absolute Gasteiger partial charge is 0.322 e. The number of aromatic nitrogens is 2. The monoisotopic (exact) mass is 429 g/mol. The van der Waals surface area contributed by atoms with E-state index in [1.807, 2.05) is 0 Å². The summed E-state index contributed by atoms with van der Waals surface area (Å²) in [7, 11) is 0. The number of anilines is 1. The molecule has 0 bridgehead atoms. The second kappa shape index (κ2) is 7.65. The van der Waals surface area contributed by atoms with Gasteiger partial charge in [0.05, 0.1) is 16.9 Å². The summed E-state index contributed by atoms with van der Waals surface area (Å²) in [5, 5.41) is 4.58. The van der Waals surface area contributed by atoms with Gasteiger partial charge in [-0.25, -0.2) is 13.8 Å². The number of halogens is 2. The average Bonchev–Trinajstić information content (AvgIpc) is 3.19. The van der Waals surface area contributed by atoms with Gasteiger partial charge in [0.1, 0.15) is 17.1 Å². The molecule has 2 aromatic carbocycles. The summed E-state index contributed by atoms with van der Waals surface area (Å²) in [5.74, 6) is -1.17. The van der Waals surface area contributed by atoms with Crippen molar-refractivity contribution in [2.75, 3.05) is 5.32 Å². The maximum atomic E-state index is 13.8. The summed E-state index contributed by atoms with van der Waals surface area (Å²) in [5.41, 5.74) is -0.458. The summed E-state index contributed by atoms with van der Waals surface area (Å²) in [4.78, 5) is 38.4. The fourth-order valence-corrected chi connectivity index (χ4v) is 3.90. The van der Waals surface area contributed by atoms with E-state index in [4.69, 9.17) is 11.6 Å². The summed E-state index contributed by atoms with van der Waals surface area (Å²) in [6, 6.07) is 13.6. The Morgan fingerprint density at radius 2 is 1.79 bits per heavy atom. The minimum absolute atomic E-state index is 0.0122. The van der Waals surface area contributed by atoms with Gasteiger partial charge in [-0.3, -0.25) is 14.2 Å². The molecule has 0 spiro atoms. The van der Waals surface area contributed by atoms with Crippen molar-refractivity contribution in [1.29, 1.82) is 0 Å². The first kappa shape index (κ1) is 19.1. The minimum Gasteiger partial charge on any atom is -0.322 e. The van der Waals surface area contributed by atoms with Crippen LogP contribution in [0.3, 0.4) is 0 Å². The number of hydrogen-bond donors (Lipinski definition) is 1. The van der Waals surface area contributed by atoms with Crippen LogP contribution in [-0.2, 0) is 11.3 Å². The lowest BCUT2D eigenvalue weighted by Crippen LogP contribution is -2.40. The van der Waals surface area contributed by atoms with Crippen LogP contribution in [0.2, 0.25) is 5.02 Å². The van der Waals surface area contributed by atoms with Crippen molar-refractivity contribution in [2.24, 2.45) is 0 Å². The Labute approximate surface area is 172 Å². The van der Waals surface area contributed by atoms with Gasteiger partial charge in [0.15, 0.2) is 0 Å². The Morgan fingerprint density at radius 3 is 2.52 bits per heavy atom. The van der Waals surface area contributed by atoms with Crippen molar-refractivity contribution >= 4 is 44.7 Å². The molecular formula is C20H13ClFN3O3S. The van der Waals surface area contributed by atoms with Crippen molar-refractivity contribution in [1.82, 2.24) is 9.13 Å². The molecule has 2 aromatic heterocycles. The number of nitrogens with one attached hydrogen (secondary N) is 1. The van der Waals surface area contributed by atoms with Gasteiger partial charge in [-0.15, -0.1) is 11.3 Å². The third-order valence-electron chi connectivity index (χ3n) is 4.29. The lowest BCUT2D eigenvalue weighted by atomic mass is 10.3. The summed E-state index contributed by atoms with van der Waals surface area (Å²) >= 11 is 7.07. The highest BCUT2D eigenvalue weighted by molar-refractivity contribution is 7.17. The Morgan fingerprint density at radius 1 is 1.07 bits per heavy atom. The largest absolute Gasteiger partial charge is 0.336 e. The molecule has 29 heavy (non-hydrogen) atoms. The molecule has 0 aliphatic heterocycles. The molecule has 4 rings (SSSR count). The van der Waals surface area contributed by atoms with Crippen LogP contribution in [0.25, 0.3) is 15.9 Å². The number of hydrogen-bond acceptors (Lipinski definition) is 4.